The summed E-state index contributed by atoms with van der Waals surface area (Å²) in [5.74, 6) is 0.0374. The molecule has 0 aromatic heterocycles. The number of hydrogen-bond donors (Lipinski definition) is 2. The van der Waals surface area contributed by atoms with E-state index in [9.17, 15) is 9.59 Å². The van der Waals surface area contributed by atoms with E-state index in [4.69, 9.17) is 16.3 Å². The van der Waals surface area contributed by atoms with Crippen molar-refractivity contribution < 1.29 is 14.3 Å². The van der Waals surface area contributed by atoms with Crippen LogP contribution in [-0.2, 0) is 4.79 Å². The van der Waals surface area contributed by atoms with Gasteiger partial charge in [0.25, 0.3) is 11.8 Å². The fourth-order valence-corrected chi connectivity index (χ4v) is 2.09. The zero-order chi connectivity index (χ0) is 14.8. The van der Waals surface area contributed by atoms with E-state index in [0.717, 1.165) is 0 Å². The molecule has 2 aromatic rings. The third kappa shape index (κ3) is 2.98. The van der Waals surface area contributed by atoms with Gasteiger partial charge in [-0.1, -0.05) is 11.6 Å². The Balaban J connectivity index is 1.80. The Hall–Kier alpha value is -2.53. The van der Waals surface area contributed by atoms with E-state index in [0.29, 0.717) is 27.7 Å². The summed E-state index contributed by atoms with van der Waals surface area (Å²) in [4.78, 5) is 23.4. The Morgan fingerprint density at radius 3 is 2.71 bits per heavy atom. The van der Waals surface area contributed by atoms with Gasteiger partial charge in [-0.05, 0) is 42.5 Å². The smallest absolute Gasteiger partial charge is 0.262 e. The molecule has 0 aliphatic carbocycles. The number of ether oxygens (including phenoxy) is 1. The van der Waals surface area contributed by atoms with Crippen LogP contribution in [0.4, 0.5) is 11.4 Å². The van der Waals surface area contributed by atoms with Crippen LogP contribution in [0.2, 0.25) is 5.02 Å². The van der Waals surface area contributed by atoms with Crippen LogP contribution in [0.15, 0.2) is 42.5 Å². The van der Waals surface area contributed by atoms with E-state index in [1.54, 1.807) is 42.5 Å². The van der Waals surface area contributed by atoms with Crippen LogP contribution in [0.5, 0.6) is 5.75 Å². The first-order valence-electron chi connectivity index (χ1n) is 6.25. The Morgan fingerprint density at radius 2 is 1.95 bits per heavy atom. The van der Waals surface area contributed by atoms with E-state index in [1.165, 1.54) is 0 Å². The number of fused-ring (bicyclic) bond motifs is 1. The predicted molar refractivity (Wildman–Crippen MR) is 80.0 cm³/mol. The molecule has 1 aliphatic heterocycles. The number of amides is 2. The lowest BCUT2D eigenvalue weighted by Crippen LogP contribution is -2.25. The van der Waals surface area contributed by atoms with Gasteiger partial charge in [0.15, 0.2) is 6.61 Å². The van der Waals surface area contributed by atoms with Crippen LogP contribution >= 0.6 is 11.6 Å². The highest BCUT2D eigenvalue weighted by Crippen LogP contribution is 2.28. The van der Waals surface area contributed by atoms with Crippen LogP contribution in [0.1, 0.15) is 10.4 Å². The second-order valence-corrected chi connectivity index (χ2v) is 4.95. The number of carbonyl (C=O) groups excluding carboxylic acids is 2. The predicted octanol–water partition coefficient (Wildman–Crippen LogP) is 2.92. The summed E-state index contributed by atoms with van der Waals surface area (Å²) in [6.07, 6.45) is 0. The number of nitrogens with one attached hydrogen (secondary N) is 2. The summed E-state index contributed by atoms with van der Waals surface area (Å²) in [6, 6.07) is 11.7. The zero-order valence-corrected chi connectivity index (χ0v) is 11.6. The second kappa shape index (κ2) is 5.46. The molecule has 0 unspecified atom stereocenters. The lowest BCUT2D eigenvalue weighted by molar-refractivity contribution is -0.118. The monoisotopic (exact) mass is 302 g/mol. The minimum atomic E-state index is -0.278. The van der Waals surface area contributed by atoms with Crippen LogP contribution in [-0.4, -0.2) is 18.4 Å². The summed E-state index contributed by atoms with van der Waals surface area (Å²) in [5, 5.41) is 6.02. The van der Waals surface area contributed by atoms with Gasteiger partial charge in [-0.2, -0.15) is 0 Å². The van der Waals surface area contributed by atoms with Crippen molar-refractivity contribution in [3.05, 3.63) is 53.1 Å². The molecule has 0 saturated carbocycles. The van der Waals surface area contributed by atoms with Crippen molar-refractivity contribution in [1.82, 2.24) is 0 Å². The molecule has 0 saturated heterocycles. The fraction of sp³-hybridized carbons (Fsp3) is 0.0667. The van der Waals surface area contributed by atoms with Crippen molar-refractivity contribution in [1.29, 1.82) is 0 Å². The number of rotatable bonds is 2. The maximum atomic E-state index is 12.2. The first-order chi connectivity index (χ1) is 10.1. The summed E-state index contributed by atoms with van der Waals surface area (Å²) >= 11 is 5.79. The molecule has 2 amide bonds. The molecule has 3 rings (SSSR count). The van der Waals surface area contributed by atoms with Gasteiger partial charge in [-0.15, -0.1) is 0 Å². The lowest BCUT2D eigenvalue weighted by atomic mass is 10.1. The van der Waals surface area contributed by atoms with E-state index < -0.39 is 0 Å². The van der Waals surface area contributed by atoms with Gasteiger partial charge in [0.1, 0.15) is 5.75 Å². The van der Waals surface area contributed by atoms with Crippen molar-refractivity contribution in [3.8, 4) is 5.75 Å². The third-order valence-electron chi connectivity index (χ3n) is 2.98. The molecule has 0 radical (unpaired) electrons. The van der Waals surface area contributed by atoms with Crippen LogP contribution in [0, 0.1) is 0 Å². The molecule has 1 heterocycles. The van der Waals surface area contributed by atoms with Crippen molar-refractivity contribution in [3.63, 3.8) is 0 Å². The lowest BCUT2D eigenvalue weighted by Gasteiger charge is -2.18. The quantitative estimate of drug-likeness (QED) is 0.896. The molecule has 0 atom stereocenters. The maximum absolute atomic E-state index is 12.2. The number of carbonyl (C=O) groups is 2. The Kier molecular flexibility index (Phi) is 3.50. The van der Waals surface area contributed by atoms with Crippen LogP contribution in [0.3, 0.4) is 0 Å². The van der Waals surface area contributed by atoms with Crippen LogP contribution < -0.4 is 15.4 Å². The topological polar surface area (TPSA) is 67.4 Å². The molecule has 0 fully saturated rings. The van der Waals surface area contributed by atoms with Gasteiger partial charge >= 0.3 is 0 Å². The summed E-state index contributed by atoms with van der Waals surface area (Å²) < 4.78 is 5.24. The molecule has 21 heavy (non-hydrogen) atoms. The van der Waals surface area contributed by atoms with Gasteiger partial charge in [0.05, 0.1) is 5.69 Å². The molecule has 0 spiro atoms. The van der Waals surface area contributed by atoms with Gasteiger partial charge < -0.3 is 15.4 Å². The number of halogens is 1. The number of hydrogen-bond acceptors (Lipinski definition) is 3. The molecule has 106 valence electrons. The van der Waals surface area contributed by atoms with E-state index in [2.05, 4.69) is 10.6 Å². The molecular weight excluding hydrogens is 292 g/mol. The number of anilines is 2. The van der Waals surface area contributed by atoms with Gasteiger partial charge in [-0.25, -0.2) is 0 Å². The van der Waals surface area contributed by atoms with Gasteiger partial charge in [-0.3, -0.25) is 9.59 Å². The normalized spacial score (nSPS) is 12.9. The highest BCUT2D eigenvalue weighted by atomic mass is 35.5. The van der Waals surface area contributed by atoms with Crippen LogP contribution in [0.25, 0.3) is 0 Å². The molecule has 6 heteroatoms. The van der Waals surface area contributed by atoms with Gasteiger partial charge in [0, 0.05) is 16.3 Å². The Bertz CT molecular complexity index is 713. The van der Waals surface area contributed by atoms with Gasteiger partial charge in [0.2, 0.25) is 0 Å². The number of benzene rings is 2. The Labute approximate surface area is 125 Å². The molecular formula is C15H11ClN2O3. The summed E-state index contributed by atoms with van der Waals surface area (Å²) in [5.41, 5.74) is 1.56. The van der Waals surface area contributed by atoms with E-state index in [-0.39, 0.29) is 18.4 Å². The minimum Gasteiger partial charge on any atom is -0.482 e. The molecule has 5 nitrogen and oxygen atoms in total. The van der Waals surface area contributed by atoms with E-state index in [1.807, 2.05) is 0 Å². The molecule has 2 N–H and O–H groups in total. The first-order valence-corrected chi connectivity index (χ1v) is 6.63. The van der Waals surface area contributed by atoms with E-state index >= 15 is 0 Å². The van der Waals surface area contributed by atoms with Crippen molar-refractivity contribution >= 4 is 34.8 Å². The Morgan fingerprint density at radius 1 is 1.19 bits per heavy atom. The average molecular weight is 303 g/mol. The standard InChI is InChI=1S/C15H11ClN2O3/c16-10-2-4-11(5-3-10)17-15(20)9-1-6-13-12(7-9)18-14(19)8-21-13/h1-7H,8H2,(H,17,20)(H,18,19). The molecule has 1 aliphatic rings. The largest absolute Gasteiger partial charge is 0.482 e. The SMILES string of the molecule is O=C1COc2ccc(C(=O)Nc3ccc(Cl)cc3)cc2N1. The summed E-state index contributed by atoms with van der Waals surface area (Å²) in [6.45, 7) is -0.0106. The third-order valence-corrected chi connectivity index (χ3v) is 3.23. The first kappa shape index (κ1) is 13.5. The minimum absolute atomic E-state index is 0.0106. The average Bonchev–Trinajstić information content (AvgIpc) is 2.48. The maximum Gasteiger partial charge on any atom is 0.262 e. The molecule has 0 bridgehead atoms. The van der Waals surface area contributed by atoms with Crippen molar-refractivity contribution in [2.75, 3.05) is 17.2 Å². The highest BCUT2D eigenvalue weighted by molar-refractivity contribution is 6.30. The van der Waals surface area contributed by atoms with Crippen molar-refractivity contribution in [2.24, 2.45) is 0 Å². The zero-order valence-electron chi connectivity index (χ0n) is 10.9. The summed E-state index contributed by atoms with van der Waals surface area (Å²) in [7, 11) is 0. The fourth-order valence-electron chi connectivity index (χ4n) is 1.96. The van der Waals surface area contributed by atoms with Crippen molar-refractivity contribution in [2.45, 2.75) is 0 Å². The highest BCUT2D eigenvalue weighted by Gasteiger charge is 2.17. The second-order valence-electron chi connectivity index (χ2n) is 4.51. The molecule has 2 aromatic carbocycles.